The van der Waals surface area contributed by atoms with Crippen LogP contribution in [0.15, 0.2) is 116 Å². The number of benzene rings is 4. The maximum Gasteiger partial charge on any atom is 0.0319 e. The molecule has 8 rings (SSSR count). The van der Waals surface area contributed by atoms with Crippen LogP contribution in [-0.2, 0) is 26.5 Å². The van der Waals surface area contributed by atoms with Crippen LogP contribution in [0.5, 0.6) is 0 Å². The molecule has 0 amide bonds. The van der Waals surface area contributed by atoms with Crippen molar-refractivity contribution >= 4 is 49.2 Å². The van der Waals surface area contributed by atoms with E-state index in [0.717, 1.165) is 58.5 Å². The predicted octanol–water partition coefficient (Wildman–Crippen LogP) is 12.1. The van der Waals surface area contributed by atoms with E-state index < -0.39 is 19.6 Å². The predicted molar refractivity (Wildman–Crippen MR) is 213 cm³/mol. The van der Waals surface area contributed by atoms with Crippen LogP contribution >= 0.6 is 11.3 Å². The molecule has 255 valence electrons. The Bertz CT molecular complexity index is 2280. The number of rotatable bonds is 6. The molecule has 2 nitrogen and oxygen atoms in total. The average Bonchev–Trinajstić information content (AvgIpc) is 3.54. The zero-order valence-electron chi connectivity index (χ0n) is 31.2. The molecule has 1 aliphatic carbocycles. The largest absolute Gasteiger partial charge is 0.305 e. The summed E-state index contributed by atoms with van der Waals surface area (Å²) in [7, 11) is 0. The zero-order chi connectivity index (χ0) is 35.6. The average molecular weight is 912 g/mol. The van der Waals surface area contributed by atoms with E-state index in [9.17, 15) is 0 Å². The van der Waals surface area contributed by atoms with Gasteiger partial charge in [0.2, 0.25) is 0 Å². The van der Waals surface area contributed by atoms with Crippen LogP contribution in [0.1, 0.15) is 46.0 Å². The third-order valence-electron chi connectivity index (χ3n) is 9.44. The summed E-state index contributed by atoms with van der Waals surface area (Å²) in [6.45, 7) is 2.19. The molecule has 5 heteroatoms. The van der Waals surface area contributed by atoms with Crippen LogP contribution in [0.2, 0.25) is 17.3 Å². The Hall–Kier alpha value is -3.41. The van der Waals surface area contributed by atoms with Crippen LogP contribution < -0.4 is 4.40 Å². The molecule has 0 bridgehead atoms. The topological polar surface area (TPSA) is 25.8 Å². The number of fused-ring (bicyclic) bond motifs is 3. The summed E-state index contributed by atoms with van der Waals surface area (Å²) >= 11 is -0.00423. The molecule has 1 saturated carbocycles. The van der Waals surface area contributed by atoms with Gasteiger partial charge in [0.15, 0.2) is 0 Å². The van der Waals surface area contributed by atoms with Crippen molar-refractivity contribution in [2.75, 3.05) is 0 Å². The van der Waals surface area contributed by atoms with Crippen molar-refractivity contribution in [3.63, 3.8) is 0 Å². The van der Waals surface area contributed by atoms with Crippen molar-refractivity contribution in [3.8, 4) is 33.6 Å². The van der Waals surface area contributed by atoms with Crippen molar-refractivity contribution in [2.45, 2.75) is 62.7 Å². The summed E-state index contributed by atoms with van der Waals surface area (Å²) in [6.07, 6.45) is 7.91. The first-order valence-electron chi connectivity index (χ1n) is 18.4. The molecule has 7 aromatic rings. The first kappa shape index (κ1) is 33.7. The minimum Gasteiger partial charge on any atom is -0.305 e. The Balaban J connectivity index is 0.000000218. The molecular formula is C45H44GeIrN2S-2. The van der Waals surface area contributed by atoms with E-state index in [1.165, 1.54) is 43.0 Å². The van der Waals surface area contributed by atoms with E-state index in [0.29, 0.717) is 0 Å². The number of hydrogen-bond donors (Lipinski definition) is 0. The number of aryl methyl sites for hydroxylation is 1. The van der Waals surface area contributed by atoms with Crippen LogP contribution in [0.25, 0.3) is 53.8 Å². The van der Waals surface area contributed by atoms with Crippen molar-refractivity contribution in [1.82, 2.24) is 9.97 Å². The molecule has 3 heterocycles. The van der Waals surface area contributed by atoms with Gasteiger partial charge in [-0.3, -0.25) is 0 Å². The molecule has 1 radical (unpaired) electrons. The molecule has 3 aromatic heterocycles. The number of hydrogen-bond acceptors (Lipinski definition) is 3. The second-order valence-electron chi connectivity index (χ2n) is 14.1. The minimum atomic E-state index is -1.77. The Kier molecular flexibility index (Phi) is 11.0. The Labute approximate surface area is 321 Å². The molecule has 0 atom stereocenters. The number of nitrogens with zero attached hydrogens (tertiary/aromatic N) is 2. The molecule has 0 spiro atoms. The molecule has 0 unspecified atom stereocenters. The number of aromatic nitrogens is 2. The second-order valence-corrected chi connectivity index (χ2v) is 25.7. The van der Waals surface area contributed by atoms with Gasteiger partial charge >= 0.3 is 106 Å². The van der Waals surface area contributed by atoms with Crippen LogP contribution in [0, 0.1) is 25.0 Å². The van der Waals surface area contributed by atoms with Gasteiger partial charge in [-0.2, -0.15) is 11.3 Å². The van der Waals surface area contributed by atoms with Gasteiger partial charge in [-0.15, -0.1) is 23.8 Å². The Morgan fingerprint density at radius 1 is 0.780 bits per heavy atom. The van der Waals surface area contributed by atoms with Gasteiger partial charge in [-0.25, -0.2) is 0 Å². The fourth-order valence-corrected chi connectivity index (χ4v) is 11.8. The van der Waals surface area contributed by atoms with E-state index >= 15 is 0 Å². The fourth-order valence-electron chi connectivity index (χ4n) is 6.92. The summed E-state index contributed by atoms with van der Waals surface area (Å²) < 4.78 is 21.7. The first-order valence-corrected chi connectivity index (χ1v) is 25.6. The molecule has 1 fully saturated rings. The molecule has 0 aliphatic heterocycles. The van der Waals surface area contributed by atoms with E-state index in [2.05, 4.69) is 113 Å². The summed E-state index contributed by atoms with van der Waals surface area (Å²) in [5.41, 5.74) is 8.40. The third-order valence-corrected chi connectivity index (χ3v) is 15.1. The Morgan fingerprint density at radius 3 is 2.32 bits per heavy atom. The van der Waals surface area contributed by atoms with Gasteiger partial charge in [0, 0.05) is 33.7 Å². The van der Waals surface area contributed by atoms with Gasteiger partial charge in [0.25, 0.3) is 0 Å². The fraction of sp³-hybridized carbons (Fsp3) is 0.244. The summed E-state index contributed by atoms with van der Waals surface area (Å²) in [5, 5.41) is 2.44. The summed E-state index contributed by atoms with van der Waals surface area (Å²) in [5.74, 6) is 7.28. The van der Waals surface area contributed by atoms with E-state index in [1.54, 1.807) is 17.5 Å². The van der Waals surface area contributed by atoms with Gasteiger partial charge in [-0.1, -0.05) is 91.6 Å². The number of pyridine rings is 2. The minimum absolute atomic E-state index is 0. The van der Waals surface area contributed by atoms with Crippen molar-refractivity contribution in [2.24, 2.45) is 5.92 Å². The van der Waals surface area contributed by atoms with Crippen molar-refractivity contribution in [3.05, 3.63) is 139 Å². The summed E-state index contributed by atoms with van der Waals surface area (Å²) in [4.78, 5) is 9.25. The van der Waals surface area contributed by atoms with Gasteiger partial charge in [-0.05, 0) is 51.3 Å². The van der Waals surface area contributed by atoms with Crippen LogP contribution in [-0.4, -0.2) is 23.2 Å². The van der Waals surface area contributed by atoms with Crippen LogP contribution in [0.3, 0.4) is 0 Å². The molecule has 4 aromatic carbocycles. The normalized spacial score (nSPS) is 14.3. The second kappa shape index (κ2) is 16.3. The smallest absolute Gasteiger partial charge is 0.0319 e. The monoisotopic (exact) mass is 913 g/mol. The van der Waals surface area contributed by atoms with Crippen LogP contribution in [0.4, 0.5) is 0 Å². The van der Waals surface area contributed by atoms with E-state index in [4.69, 9.17) is 2.74 Å². The van der Waals surface area contributed by atoms with Gasteiger partial charge < -0.3 is 4.98 Å². The zero-order valence-corrected chi connectivity index (χ0v) is 34.5. The Morgan fingerprint density at radius 2 is 1.58 bits per heavy atom. The standard InChI is InChI=1S/C30H26NS.C15H18GeN.Ir/c1-3-8-21(9-4-1)18-22-16-17-31-28(19-22)27-13-7-12-26-25-15-14-24(20-29(25)32-30(26)27)23-10-5-2-6-11-23;1-12-10-15(13-8-6-5-7-9-13)17-11-14(12)16(2,3)4;/h2,5-7,10-12,14-17,19-21H,1,3-4,8-9,18H2;5-8,10-11H,1-4H3;/q2*-1;/i18D2;;. The quantitative estimate of drug-likeness (QED) is 0.123. The maximum atomic E-state index is 8.91. The van der Waals surface area contributed by atoms with Crippen molar-refractivity contribution < 1.29 is 22.8 Å². The molecule has 0 N–H and O–H groups in total. The molecule has 50 heavy (non-hydrogen) atoms. The first-order chi connectivity index (χ1) is 24.6. The summed E-state index contributed by atoms with van der Waals surface area (Å²) in [6, 6.07) is 41.9. The van der Waals surface area contributed by atoms with E-state index in [-0.39, 0.29) is 26.0 Å². The number of thiophene rings is 1. The molecule has 0 saturated heterocycles. The van der Waals surface area contributed by atoms with E-state index in [1.807, 2.05) is 42.5 Å². The maximum absolute atomic E-state index is 8.91. The SMILES string of the molecule is Cc1cc(-c2[c-]cccc2)nc[c]1[Ge]([CH3])([CH3])[CH3].[2H]C([2H])(c1ccnc(-c2[c-]ccc3c2sc2cc(-c4ccccc4)ccc23)c1)C1CCCCC1.[Ir]. The van der Waals surface area contributed by atoms with Gasteiger partial charge in [0.1, 0.15) is 0 Å². The molecular weight excluding hydrogens is 865 g/mol. The molecule has 1 aliphatic rings. The van der Waals surface area contributed by atoms with Gasteiger partial charge in [0.05, 0.1) is 0 Å². The third kappa shape index (κ3) is 8.37. The van der Waals surface area contributed by atoms with Crippen molar-refractivity contribution in [1.29, 1.82) is 0 Å².